The second-order valence-electron chi connectivity index (χ2n) is 5.03. The highest BCUT2D eigenvalue weighted by Gasteiger charge is 2.27. The number of likely N-dealkylation sites (tertiary alicyclic amines) is 1. The Morgan fingerprint density at radius 3 is 2.85 bits per heavy atom. The highest BCUT2D eigenvalue weighted by molar-refractivity contribution is 5.91. The molecule has 108 valence electrons. The van der Waals surface area contributed by atoms with E-state index >= 15 is 0 Å². The minimum Gasteiger partial charge on any atom is -0.365 e. The zero-order valence-corrected chi connectivity index (χ0v) is 11.7. The highest BCUT2D eigenvalue weighted by atomic mass is 16.2. The monoisotopic (exact) mass is 277 g/mol. The first-order valence-electron chi connectivity index (χ1n) is 6.47. The summed E-state index contributed by atoms with van der Waals surface area (Å²) in [4.78, 5) is 30.4. The number of nitrogens with two attached hydrogens (primary N) is 1. The van der Waals surface area contributed by atoms with Crippen LogP contribution in [0, 0.1) is 0 Å². The van der Waals surface area contributed by atoms with Crippen molar-refractivity contribution in [2.45, 2.75) is 12.5 Å². The van der Waals surface area contributed by atoms with Gasteiger partial charge in [0.1, 0.15) is 11.5 Å². The van der Waals surface area contributed by atoms with Crippen LogP contribution in [0.25, 0.3) is 0 Å². The van der Waals surface area contributed by atoms with Crippen molar-refractivity contribution in [1.29, 1.82) is 0 Å². The zero-order valence-electron chi connectivity index (χ0n) is 11.7. The molecule has 3 N–H and O–H groups in total. The van der Waals surface area contributed by atoms with Gasteiger partial charge in [0.15, 0.2) is 0 Å². The van der Waals surface area contributed by atoms with Gasteiger partial charge in [-0.3, -0.25) is 4.79 Å². The molecule has 1 aromatic heterocycles. The van der Waals surface area contributed by atoms with Gasteiger partial charge in [-0.05, 0) is 18.6 Å². The van der Waals surface area contributed by atoms with Crippen LogP contribution in [0.15, 0.2) is 18.2 Å². The van der Waals surface area contributed by atoms with Crippen LogP contribution in [0.1, 0.15) is 16.9 Å². The van der Waals surface area contributed by atoms with E-state index in [1.54, 1.807) is 42.1 Å². The Bertz CT molecular complexity index is 517. The third kappa shape index (κ3) is 3.17. The molecule has 1 aliphatic rings. The number of primary amides is 1. The predicted octanol–water partition coefficient (Wildman–Crippen LogP) is 0.348. The van der Waals surface area contributed by atoms with Crippen LogP contribution in [0.2, 0.25) is 0 Å². The molecule has 2 rings (SSSR count). The van der Waals surface area contributed by atoms with Crippen LogP contribution in [0.4, 0.5) is 10.6 Å². The summed E-state index contributed by atoms with van der Waals surface area (Å²) in [5.41, 5.74) is 5.43. The Labute approximate surface area is 117 Å². The van der Waals surface area contributed by atoms with Gasteiger partial charge in [0, 0.05) is 33.2 Å². The number of anilines is 1. The number of hydrogen-bond donors (Lipinski definition) is 2. The van der Waals surface area contributed by atoms with E-state index in [0.29, 0.717) is 18.9 Å². The lowest BCUT2D eigenvalue weighted by atomic mass is 10.2. The van der Waals surface area contributed by atoms with E-state index in [1.165, 1.54) is 0 Å². The number of amides is 3. The van der Waals surface area contributed by atoms with E-state index in [1.807, 2.05) is 0 Å². The molecule has 0 unspecified atom stereocenters. The lowest BCUT2D eigenvalue weighted by Crippen LogP contribution is -2.38. The Balaban J connectivity index is 1.97. The number of nitrogens with zero attached hydrogens (tertiary/aromatic N) is 3. The lowest BCUT2D eigenvalue weighted by molar-refractivity contribution is 0.0995. The van der Waals surface area contributed by atoms with Crippen LogP contribution in [0.5, 0.6) is 0 Å². The molecule has 1 saturated heterocycles. The highest BCUT2D eigenvalue weighted by Crippen LogP contribution is 2.15. The second-order valence-corrected chi connectivity index (χ2v) is 5.03. The maximum atomic E-state index is 11.8. The molecule has 1 atom stereocenters. The van der Waals surface area contributed by atoms with Gasteiger partial charge in [-0.2, -0.15) is 0 Å². The van der Waals surface area contributed by atoms with Crippen molar-refractivity contribution in [3.8, 4) is 0 Å². The van der Waals surface area contributed by atoms with Gasteiger partial charge in [0.05, 0.1) is 0 Å². The van der Waals surface area contributed by atoms with Gasteiger partial charge in [-0.15, -0.1) is 0 Å². The van der Waals surface area contributed by atoms with Gasteiger partial charge in [0.25, 0.3) is 5.91 Å². The molecule has 3 amide bonds. The van der Waals surface area contributed by atoms with Crippen LogP contribution in [0.3, 0.4) is 0 Å². The third-order valence-corrected chi connectivity index (χ3v) is 3.19. The molecule has 0 radical (unpaired) electrons. The van der Waals surface area contributed by atoms with E-state index in [0.717, 1.165) is 6.42 Å². The minimum atomic E-state index is -0.551. The number of nitrogens with one attached hydrogen (secondary N) is 1. The molecular formula is C13H19N5O2. The molecule has 0 bridgehead atoms. The van der Waals surface area contributed by atoms with Crippen molar-refractivity contribution < 1.29 is 9.59 Å². The largest absolute Gasteiger partial charge is 0.365 e. The molecule has 1 aliphatic heterocycles. The maximum Gasteiger partial charge on any atom is 0.319 e. The molecule has 0 aliphatic carbocycles. The van der Waals surface area contributed by atoms with E-state index < -0.39 is 5.91 Å². The number of rotatable bonds is 3. The third-order valence-electron chi connectivity index (χ3n) is 3.19. The molecule has 0 saturated carbocycles. The summed E-state index contributed by atoms with van der Waals surface area (Å²) in [5, 5.41) is 3.23. The predicted molar refractivity (Wildman–Crippen MR) is 75.4 cm³/mol. The number of carbonyl (C=O) groups is 2. The average molecular weight is 277 g/mol. The van der Waals surface area contributed by atoms with Crippen LogP contribution in [-0.2, 0) is 0 Å². The smallest absolute Gasteiger partial charge is 0.319 e. The Morgan fingerprint density at radius 2 is 2.20 bits per heavy atom. The molecular weight excluding hydrogens is 258 g/mol. The number of urea groups is 1. The summed E-state index contributed by atoms with van der Waals surface area (Å²) in [6.07, 6.45) is 0.849. The molecule has 20 heavy (non-hydrogen) atoms. The van der Waals surface area contributed by atoms with Crippen molar-refractivity contribution in [3.63, 3.8) is 0 Å². The molecule has 2 heterocycles. The summed E-state index contributed by atoms with van der Waals surface area (Å²) >= 11 is 0. The van der Waals surface area contributed by atoms with Crippen molar-refractivity contribution in [2.75, 3.05) is 32.5 Å². The maximum absolute atomic E-state index is 11.8. The lowest BCUT2D eigenvalue weighted by Gasteiger charge is -2.21. The SMILES string of the molecule is CN(C)C(=O)N1CC[C@H](Nc2cccc(C(N)=O)n2)C1. The summed E-state index contributed by atoms with van der Waals surface area (Å²) in [6.45, 7) is 1.34. The summed E-state index contributed by atoms with van der Waals surface area (Å²) in [6, 6.07) is 5.22. The fraction of sp³-hybridized carbons (Fsp3) is 0.462. The second kappa shape index (κ2) is 5.77. The summed E-state index contributed by atoms with van der Waals surface area (Å²) < 4.78 is 0. The van der Waals surface area contributed by atoms with Crippen molar-refractivity contribution in [3.05, 3.63) is 23.9 Å². The van der Waals surface area contributed by atoms with E-state index in [4.69, 9.17) is 5.73 Å². The van der Waals surface area contributed by atoms with Crippen LogP contribution in [-0.4, -0.2) is 59.9 Å². The van der Waals surface area contributed by atoms with Gasteiger partial charge in [0.2, 0.25) is 0 Å². The van der Waals surface area contributed by atoms with Crippen LogP contribution >= 0.6 is 0 Å². The van der Waals surface area contributed by atoms with Gasteiger partial charge >= 0.3 is 6.03 Å². The molecule has 1 fully saturated rings. The number of hydrogen-bond acceptors (Lipinski definition) is 4. The Kier molecular flexibility index (Phi) is 4.07. The molecule has 1 aromatic rings. The first-order chi connectivity index (χ1) is 9.47. The van der Waals surface area contributed by atoms with Crippen LogP contribution < -0.4 is 11.1 Å². The van der Waals surface area contributed by atoms with E-state index in [2.05, 4.69) is 10.3 Å². The van der Waals surface area contributed by atoms with Gasteiger partial charge < -0.3 is 20.9 Å². The normalized spacial score (nSPS) is 17.9. The zero-order chi connectivity index (χ0) is 14.7. The number of carbonyl (C=O) groups excluding carboxylic acids is 2. The quantitative estimate of drug-likeness (QED) is 0.834. The fourth-order valence-corrected chi connectivity index (χ4v) is 2.20. The van der Waals surface area contributed by atoms with Gasteiger partial charge in [-0.25, -0.2) is 9.78 Å². The standard InChI is InChI=1S/C13H19N5O2/c1-17(2)13(20)18-7-6-9(8-18)15-11-5-3-4-10(16-11)12(14)19/h3-5,9H,6-8H2,1-2H3,(H2,14,19)(H,15,16)/t9-/m0/s1. The van der Waals surface area contributed by atoms with Crippen molar-refractivity contribution >= 4 is 17.8 Å². The molecule has 0 aromatic carbocycles. The summed E-state index contributed by atoms with van der Waals surface area (Å²) in [5.74, 6) is 0.0509. The number of pyridine rings is 1. The van der Waals surface area contributed by atoms with Crippen molar-refractivity contribution in [2.24, 2.45) is 5.73 Å². The first-order valence-corrected chi connectivity index (χ1v) is 6.47. The topological polar surface area (TPSA) is 91.6 Å². The fourth-order valence-electron chi connectivity index (χ4n) is 2.20. The average Bonchev–Trinajstić information content (AvgIpc) is 2.86. The Hall–Kier alpha value is -2.31. The van der Waals surface area contributed by atoms with Gasteiger partial charge in [-0.1, -0.05) is 6.07 Å². The van der Waals surface area contributed by atoms with Crippen molar-refractivity contribution in [1.82, 2.24) is 14.8 Å². The van der Waals surface area contributed by atoms with E-state index in [9.17, 15) is 9.59 Å². The Morgan fingerprint density at radius 1 is 1.45 bits per heavy atom. The molecule has 7 nitrogen and oxygen atoms in total. The molecule has 0 spiro atoms. The first kappa shape index (κ1) is 14.1. The number of aromatic nitrogens is 1. The minimum absolute atomic E-state index is 0.00754. The molecule has 7 heteroatoms. The van der Waals surface area contributed by atoms with E-state index in [-0.39, 0.29) is 17.8 Å². The summed E-state index contributed by atoms with van der Waals surface area (Å²) in [7, 11) is 3.47.